The summed E-state index contributed by atoms with van der Waals surface area (Å²) < 4.78 is 4.84. The van der Waals surface area contributed by atoms with Gasteiger partial charge in [0.25, 0.3) is 0 Å². The molecule has 2 nitrogen and oxygen atoms in total. The molecule has 10 aromatic carbocycles. The molecule has 0 atom stereocenters. The van der Waals surface area contributed by atoms with E-state index in [1.54, 1.807) is 0 Å². The van der Waals surface area contributed by atoms with Crippen LogP contribution in [-0.2, 0) is 0 Å². The molecular weight excluding hydrogens is 749 g/mol. The molecule has 0 amide bonds. The largest absolute Gasteiger partial charge is 0.309 e. The summed E-state index contributed by atoms with van der Waals surface area (Å²) in [6.07, 6.45) is 0. The van der Waals surface area contributed by atoms with Gasteiger partial charge in [-0.1, -0.05) is 194 Å². The average molecular weight is 789 g/mol. The summed E-state index contributed by atoms with van der Waals surface area (Å²) >= 11 is 0. The summed E-state index contributed by atoms with van der Waals surface area (Å²) in [6, 6.07) is 88.3. The summed E-state index contributed by atoms with van der Waals surface area (Å²) in [5, 5.41) is 5.00. The topological polar surface area (TPSA) is 9.86 Å². The minimum atomic E-state index is 1.14. The van der Waals surface area contributed by atoms with Gasteiger partial charge in [0.1, 0.15) is 0 Å². The van der Waals surface area contributed by atoms with Crippen molar-refractivity contribution in [3.05, 3.63) is 243 Å². The first-order valence-corrected chi connectivity index (χ1v) is 21.3. The van der Waals surface area contributed by atoms with E-state index in [1.807, 2.05) is 0 Å². The predicted molar refractivity (Wildman–Crippen MR) is 262 cm³/mol. The minimum absolute atomic E-state index is 1.14. The zero-order chi connectivity index (χ0) is 41.0. The fraction of sp³-hybridized carbons (Fsp3) is 0. The minimum Gasteiger partial charge on any atom is -0.309 e. The van der Waals surface area contributed by atoms with Crippen LogP contribution in [0.25, 0.3) is 111 Å². The molecule has 0 saturated carbocycles. The molecule has 0 radical (unpaired) electrons. The fourth-order valence-corrected chi connectivity index (χ4v) is 9.65. The predicted octanol–water partition coefficient (Wildman–Crippen LogP) is 16.2. The van der Waals surface area contributed by atoms with Crippen LogP contribution in [0.15, 0.2) is 243 Å². The van der Waals surface area contributed by atoms with Gasteiger partial charge in [-0.05, 0) is 104 Å². The maximum atomic E-state index is 2.42. The van der Waals surface area contributed by atoms with Crippen molar-refractivity contribution in [3.63, 3.8) is 0 Å². The van der Waals surface area contributed by atoms with Crippen molar-refractivity contribution in [2.75, 3.05) is 0 Å². The van der Waals surface area contributed by atoms with Crippen molar-refractivity contribution in [2.45, 2.75) is 0 Å². The molecule has 2 heteroatoms. The Morgan fingerprint density at radius 2 is 0.500 bits per heavy atom. The van der Waals surface area contributed by atoms with E-state index in [1.165, 1.54) is 99.2 Å². The van der Waals surface area contributed by atoms with Crippen molar-refractivity contribution in [1.82, 2.24) is 9.13 Å². The molecule has 0 spiro atoms. The molecule has 2 heterocycles. The van der Waals surface area contributed by atoms with Crippen molar-refractivity contribution >= 4 is 43.6 Å². The average Bonchev–Trinajstić information content (AvgIpc) is 3.87. The number of benzene rings is 10. The molecular formula is C60H40N2. The van der Waals surface area contributed by atoms with Crippen LogP contribution >= 0.6 is 0 Å². The third kappa shape index (κ3) is 5.96. The summed E-state index contributed by atoms with van der Waals surface area (Å²) in [7, 11) is 0. The van der Waals surface area contributed by atoms with Gasteiger partial charge in [0.05, 0.1) is 22.1 Å². The number of hydrogen-bond donors (Lipinski definition) is 0. The quantitative estimate of drug-likeness (QED) is 0.152. The SMILES string of the molecule is c1ccc(-c2ccccc2-c2ccc3c4ccccc4n(-c4ccc(-c5ccc(-n6c7ccccc7c7ccc(-c8ccccc8-c8ccccc8)cc76)cc5)cc4)c3c2)cc1. The molecule has 0 aliphatic heterocycles. The third-order valence-corrected chi connectivity index (χ3v) is 12.6. The molecule has 12 rings (SSSR count). The van der Waals surface area contributed by atoms with E-state index in [0.717, 1.165) is 11.4 Å². The van der Waals surface area contributed by atoms with E-state index in [4.69, 9.17) is 0 Å². The highest BCUT2D eigenvalue weighted by molar-refractivity contribution is 6.12. The van der Waals surface area contributed by atoms with Crippen molar-refractivity contribution in [2.24, 2.45) is 0 Å². The summed E-state index contributed by atoms with van der Waals surface area (Å²) in [5.41, 5.74) is 19.2. The molecule has 0 N–H and O–H groups in total. The third-order valence-electron chi connectivity index (χ3n) is 12.6. The molecule has 0 fully saturated rings. The number of para-hydroxylation sites is 2. The molecule has 290 valence electrons. The lowest BCUT2D eigenvalue weighted by Crippen LogP contribution is -1.95. The van der Waals surface area contributed by atoms with E-state index in [-0.39, 0.29) is 0 Å². The smallest absolute Gasteiger partial charge is 0.0547 e. The van der Waals surface area contributed by atoms with Crippen LogP contribution < -0.4 is 0 Å². The zero-order valence-corrected chi connectivity index (χ0v) is 34.0. The molecule has 0 unspecified atom stereocenters. The van der Waals surface area contributed by atoms with Crippen molar-refractivity contribution in [3.8, 4) is 67.0 Å². The molecule has 0 aliphatic carbocycles. The van der Waals surface area contributed by atoms with Gasteiger partial charge in [0, 0.05) is 32.9 Å². The summed E-state index contributed by atoms with van der Waals surface area (Å²) in [6.45, 7) is 0. The normalized spacial score (nSPS) is 11.5. The maximum absolute atomic E-state index is 2.42. The van der Waals surface area contributed by atoms with Crippen molar-refractivity contribution in [1.29, 1.82) is 0 Å². The standard InChI is InChI=1S/C60H40N2/c1-3-15-43(16-4-1)49-19-7-9-21-51(49)45-31-37-55-53-23-11-13-25-57(53)61(59(55)39-45)47-33-27-41(28-34-47)42-29-35-48(36-30-42)62-58-26-14-12-24-54(58)56-38-32-46(40-60(56)62)52-22-10-8-20-50(52)44-17-5-2-6-18-44/h1-40H. The van der Waals surface area contributed by atoms with Crippen LogP contribution in [0.2, 0.25) is 0 Å². The molecule has 0 saturated heterocycles. The Labute approximate surface area is 360 Å². The highest BCUT2D eigenvalue weighted by atomic mass is 15.0. The molecule has 62 heavy (non-hydrogen) atoms. The Bertz CT molecular complexity index is 3350. The lowest BCUT2D eigenvalue weighted by Gasteiger charge is -2.13. The maximum Gasteiger partial charge on any atom is 0.0547 e. The molecule has 12 aromatic rings. The fourth-order valence-electron chi connectivity index (χ4n) is 9.65. The van der Waals surface area contributed by atoms with E-state index in [9.17, 15) is 0 Å². The van der Waals surface area contributed by atoms with Gasteiger partial charge in [-0.2, -0.15) is 0 Å². The van der Waals surface area contributed by atoms with E-state index >= 15 is 0 Å². The van der Waals surface area contributed by atoms with Crippen LogP contribution in [0, 0.1) is 0 Å². The first kappa shape index (κ1) is 35.7. The Morgan fingerprint density at radius 1 is 0.194 bits per heavy atom. The van der Waals surface area contributed by atoms with Crippen molar-refractivity contribution < 1.29 is 0 Å². The molecule has 0 bridgehead atoms. The summed E-state index contributed by atoms with van der Waals surface area (Å²) in [4.78, 5) is 0. The van der Waals surface area contributed by atoms with E-state index in [2.05, 4.69) is 252 Å². The van der Waals surface area contributed by atoms with Gasteiger partial charge in [0.15, 0.2) is 0 Å². The Balaban J connectivity index is 0.918. The van der Waals surface area contributed by atoms with E-state index in [0.29, 0.717) is 0 Å². The highest BCUT2D eigenvalue weighted by Crippen LogP contribution is 2.40. The highest BCUT2D eigenvalue weighted by Gasteiger charge is 2.17. The number of aromatic nitrogens is 2. The zero-order valence-electron chi connectivity index (χ0n) is 34.0. The number of fused-ring (bicyclic) bond motifs is 6. The van der Waals surface area contributed by atoms with Gasteiger partial charge in [-0.15, -0.1) is 0 Å². The van der Waals surface area contributed by atoms with Crippen LogP contribution in [0.5, 0.6) is 0 Å². The first-order valence-electron chi connectivity index (χ1n) is 21.3. The van der Waals surface area contributed by atoms with Crippen LogP contribution in [0.3, 0.4) is 0 Å². The number of nitrogens with zero attached hydrogens (tertiary/aromatic N) is 2. The van der Waals surface area contributed by atoms with Gasteiger partial charge < -0.3 is 9.13 Å². The molecule has 2 aromatic heterocycles. The lowest BCUT2D eigenvalue weighted by atomic mass is 9.94. The Morgan fingerprint density at radius 3 is 0.903 bits per heavy atom. The Hall–Kier alpha value is -8.20. The van der Waals surface area contributed by atoms with Crippen LogP contribution in [-0.4, -0.2) is 9.13 Å². The van der Waals surface area contributed by atoms with Crippen LogP contribution in [0.1, 0.15) is 0 Å². The monoisotopic (exact) mass is 788 g/mol. The second kappa shape index (κ2) is 14.8. The molecule has 0 aliphatic rings. The van der Waals surface area contributed by atoms with Gasteiger partial charge in [-0.25, -0.2) is 0 Å². The summed E-state index contributed by atoms with van der Waals surface area (Å²) in [5.74, 6) is 0. The van der Waals surface area contributed by atoms with Gasteiger partial charge in [-0.3, -0.25) is 0 Å². The van der Waals surface area contributed by atoms with E-state index < -0.39 is 0 Å². The van der Waals surface area contributed by atoms with Crippen LogP contribution in [0.4, 0.5) is 0 Å². The van der Waals surface area contributed by atoms with Gasteiger partial charge >= 0.3 is 0 Å². The second-order valence-electron chi connectivity index (χ2n) is 16.1. The number of hydrogen-bond acceptors (Lipinski definition) is 0. The lowest BCUT2D eigenvalue weighted by molar-refractivity contribution is 1.18. The Kier molecular flexibility index (Phi) is 8.53. The number of rotatable bonds is 7. The first-order chi connectivity index (χ1) is 30.8. The second-order valence-corrected chi connectivity index (χ2v) is 16.1. The van der Waals surface area contributed by atoms with Gasteiger partial charge in [0.2, 0.25) is 0 Å².